The molecule has 1 saturated carbocycles. The van der Waals surface area contributed by atoms with Crippen molar-refractivity contribution in [2.24, 2.45) is 0 Å². The maximum absolute atomic E-state index is 11.0. The molecular weight excluding hydrogens is 294 g/mol. The lowest BCUT2D eigenvalue weighted by Gasteiger charge is -2.23. The second-order valence-electron chi connectivity index (χ2n) is 5.85. The zero-order chi connectivity index (χ0) is 14.9. The summed E-state index contributed by atoms with van der Waals surface area (Å²) < 4.78 is 11.7. The molecule has 1 unspecified atom stereocenters. The summed E-state index contributed by atoms with van der Waals surface area (Å²) >= 11 is 5.88. The molecule has 0 bridgehead atoms. The molecule has 0 amide bonds. The van der Waals surface area contributed by atoms with Crippen molar-refractivity contribution in [3.05, 3.63) is 33.3 Å². The molecule has 114 valence electrons. The Hall–Kier alpha value is -1.33. The van der Waals surface area contributed by atoms with Crippen LogP contribution in [0.1, 0.15) is 38.5 Å². The molecule has 5 nitrogen and oxygen atoms in total. The van der Waals surface area contributed by atoms with Crippen LogP contribution in [0.5, 0.6) is 5.75 Å². The number of nitro groups is 1. The number of ether oxygens (including phenoxy) is 2. The first-order chi connectivity index (χ1) is 10.1. The SMILES string of the molecule is O=[N+]([O-])c1ccc(Cl)cc1OCC1CCC2(CCCC2)O1. The molecule has 21 heavy (non-hydrogen) atoms. The van der Waals surface area contributed by atoms with Crippen LogP contribution >= 0.6 is 11.6 Å². The first-order valence-electron chi connectivity index (χ1n) is 7.33. The van der Waals surface area contributed by atoms with Gasteiger partial charge in [-0.3, -0.25) is 10.1 Å². The summed E-state index contributed by atoms with van der Waals surface area (Å²) in [6.07, 6.45) is 6.75. The van der Waals surface area contributed by atoms with Crippen molar-refractivity contribution >= 4 is 17.3 Å². The molecule has 1 saturated heterocycles. The molecular formula is C15H18ClNO4. The van der Waals surface area contributed by atoms with Gasteiger partial charge in [0.25, 0.3) is 0 Å². The van der Waals surface area contributed by atoms with Crippen LogP contribution < -0.4 is 4.74 Å². The Morgan fingerprint density at radius 2 is 2.14 bits per heavy atom. The highest BCUT2D eigenvalue weighted by molar-refractivity contribution is 6.30. The van der Waals surface area contributed by atoms with Crippen molar-refractivity contribution in [3.8, 4) is 5.75 Å². The van der Waals surface area contributed by atoms with Gasteiger partial charge < -0.3 is 9.47 Å². The molecule has 1 atom stereocenters. The van der Waals surface area contributed by atoms with Gasteiger partial charge in [0.05, 0.1) is 16.6 Å². The Bertz CT molecular complexity index is 542. The molecule has 6 heteroatoms. The first kappa shape index (κ1) is 14.6. The molecule has 3 rings (SSSR count). The molecule has 1 aromatic carbocycles. The number of halogens is 1. The average molecular weight is 312 g/mol. The van der Waals surface area contributed by atoms with Crippen molar-refractivity contribution in [1.82, 2.24) is 0 Å². The van der Waals surface area contributed by atoms with Crippen LogP contribution in [0, 0.1) is 10.1 Å². The first-order valence-corrected chi connectivity index (χ1v) is 7.70. The van der Waals surface area contributed by atoms with Crippen LogP contribution in [0.25, 0.3) is 0 Å². The predicted molar refractivity (Wildman–Crippen MR) is 78.9 cm³/mol. The number of rotatable bonds is 4. The van der Waals surface area contributed by atoms with Gasteiger partial charge >= 0.3 is 5.69 Å². The van der Waals surface area contributed by atoms with E-state index >= 15 is 0 Å². The van der Waals surface area contributed by atoms with Crippen molar-refractivity contribution in [3.63, 3.8) is 0 Å². The monoisotopic (exact) mass is 311 g/mol. The standard InChI is InChI=1S/C15H18ClNO4/c16-11-3-4-13(17(18)19)14(9-11)20-10-12-5-8-15(21-12)6-1-2-7-15/h3-4,9,12H,1-2,5-8,10H2. The number of hydrogen-bond donors (Lipinski definition) is 0. The van der Waals surface area contributed by atoms with Crippen LogP contribution in [-0.2, 0) is 4.74 Å². The maximum atomic E-state index is 11.0. The van der Waals surface area contributed by atoms with Gasteiger partial charge in [0.2, 0.25) is 0 Å². The van der Waals surface area contributed by atoms with Gasteiger partial charge in [-0.15, -0.1) is 0 Å². The maximum Gasteiger partial charge on any atom is 0.311 e. The van der Waals surface area contributed by atoms with E-state index in [1.807, 2.05) is 0 Å². The van der Waals surface area contributed by atoms with Crippen LogP contribution in [-0.4, -0.2) is 23.2 Å². The molecule has 1 spiro atoms. The third kappa shape index (κ3) is 3.14. The summed E-state index contributed by atoms with van der Waals surface area (Å²) in [5.41, 5.74) is -0.0122. The van der Waals surface area contributed by atoms with E-state index in [4.69, 9.17) is 21.1 Å². The fourth-order valence-electron chi connectivity index (χ4n) is 3.34. The number of hydrogen-bond acceptors (Lipinski definition) is 4. The quantitative estimate of drug-likeness (QED) is 0.620. The number of nitrogens with zero attached hydrogens (tertiary/aromatic N) is 1. The molecule has 0 aromatic heterocycles. The molecule has 1 heterocycles. The van der Waals surface area contributed by atoms with E-state index in [2.05, 4.69) is 0 Å². The highest BCUT2D eigenvalue weighted by atomic mass is 35.5. The van der Waals surface area contributed by atoms with E-state index < -0.39 is 4.92 Å². The van der Waals surface area contributed by atoms with Crippen molar-refractivity contribution in [2.45, 2.75) is 50.2 Å². The van der Waals surface area contributed by atoms with Gasteiger partial charge in [-0.25, -0.2) is 0 Å². The largest absolute Gasteiger partial charge is 0.484 e. The molecule has 2 aliphatic rings. The molecule has 2 fully saturated rings. The minimum Gasteiger partial charge on any atom is -0.484 e. The summed E-state index contributed by atoms with van der Waals surface area (Å²) in [4.78, 5) is 10.5. The van der Waals surface area contributed by atoms with E-state index in [0.717, 1.165) is 25.7 Å². The smallest absolute Gasteiger partial charge is 0.311 e. The van der Waals surface area contributed by atoms with Gasteiger partial charge in [-0.1, -0.05) is 24.4 Å². The van der Waals surface area contributed by atoms with Gasteiger partial charge in [-0.2, -0.15) is 0 Å². The van der Waals surface area contributed by atoms with Crippen molar-refractivity contribution in [2.75, 3.05) is 6.61 Å². The second-order valence-corrected chi connectivity index (χ2v) is 6.29. The van der Waals surface area contributed by atoms with Crippen LogP contribution in [0.15, 0.2) is 18.2 Å². The minimum atomic E-state index is -0.459. The van der Waals surface area contributed by atoms with E-state index in [-0.39, 0.29) is 23.1 Å². The number of nitro benzene ring substituents is 1. The van der Waals surface area contributed by atoms with E-state index in [9.17, 15) is 10.1 Å². The molecule has 1 aliphatic carbocycles. The summed E-state index contributed by atoms with van der Waals surface area (Å²) in [6, 6.07) is 4.34. The fourth-order valence-corrected chi connectivity index (χ4v) is 3.50. The minimum absolute atomic E-state index is 0.0154. The third-order valence-corrected chi connectivity index (χ3v) is 4.63. The van der Waals surface area contributed by atoms with Gasteiger partial charge in [0, 0.05) is 17.2 Å². The summed E-state index contributed by atoms with van der Waals surface area (Å²) in [7, 11) is 0. The fraction of sp³-hybridized carbons (Fsp3) is 0.600. The van der Waals surface area contributed by atoms with E-state index in [0.29, 0.717) is 11.6 Å². The van der Waals surface area contributed by atoms with Crippen molar-refractivity contribution in [1.29, 1.82) is 0 Å². The van der Waals surface area contributed by atoms with Crippen LogP contribution in [0.3, 0.4) is 0 Å². The highest BCUT2D eigenvalue weighted by Crippen LogP contribution is 2.43. The number of benzene rings is 1. The topological polar surface area (TPSA) is 61.6 Å². The van der Waals surface area contributed by atoms with Crippen LogP contribution in [0.2, 0.25) is 5.02 Å². The molecule has 0 N–H and O–H groups in total. The Morgan fingerprint density at radius 1 is 1.38 bits per heavy atom. The Kier molecular flexibility index (Phi) is 4.04. The lowest BCUT2D eigenvalue weighted by atomic mass is 9.98. The molecule has 1 aromatic rings. The van der Waals surface area contributed by atoms with E-state index in [1.165, 1.54) is 31.0 Å². The normalized spacial score (nSPS) is 23.6. The zero-order valence-electron chi connectivity index (χ0n) is 11.7. The van der Waals surface area contributed by atoms with E-state index in [1.54, 1.807) is 0 Å². The molecule has 1 aliphatic heterocycles. The average Bonchev–Trinajstić information content (AvgIpc) is 3.07. The predicted octanol–water partition coefficient (Wildman–Crippen LogP) is 4.12. The van der Waals surface area contributed by atoms with Crippen LogP contribution in [0.4, 0.5) is 5.69 Å². The highest BCUT2D eigenvalue weighted by Gasteiger charge is 2.42. The summed E-state index contributed by atoms with van der Waals surface area (Å²) in [5, 5.41) is 11.4. The summed E-state index contributed by atoms with van der Waals surface area (Å²) in [6.45, 7) is 0.336. The third-order valence-electron chi connectivity index (χ3n) is 4.40. The van der Waals surface area contributed by atoms with Crippen molar-refractivity contribution < 1.29 is 14.4 Å². The Balaban J connectivity index is 1.63. The Labute approximate surface area is 128 Å². The lowest BCUT2D eigenvalue weighted by molar-refractivity contribution is -0.385. The van der Waals surface area contributed by atoms with Gasteiger partial charge in [0.15, 0.2) is 5.75 Å². The summed E-state index contributed by atoms with van der Waals surface area (Å²) in [5.74, 6) is 0.212. The zero-order valence-corrected chi connectivity index (χ0v) is 12.5. The Morgan fingerprint density at radius 3 is 2.86 bits per heavy atom. The molecule has 0 radical (unpaired) electrons. The van der Waals surface area contributed by atoms with Gasteiger partial charge in [0.1, 0.15) is 6.61 Å². The lowest BCUT2D eigenvalue weighted by Crippen LogP contribution is -2.27. The second kappa shape index (κ2) is 5.81. The van der Waals surface area contributed by atoms with Gasteiger partial charge in [-0.05, 0) is 31.7 Å².